The summed E-state index contributed by atoms with van der Waals surface area (Å²) in [5.41, 5.74) is 8.41. The van der Waals surface area contributed by atoms with Crippen LogP contribution in [-0.4, -0.2) is 15.1 Å². The molecule has 0 aliphatic carbocycles. The average molecular weight is 342 g/mol. The van der Waals surface area contributed by atoms with E-state index in [-0.39, 0.29) is 10.9 Å². The van der Waals surface area contributed by atoms with Gasteiger partial charge in [-0.3, -0.25) is 4.98 Å². The van der Waals surface area contributed by atoms with Gasteiger partial charge in [0.05, 0.1) is 11.7 Å². The molecular formula is C18H16ClN3O2. The van der Waals surface area contributed by atoms with Crippen LogP contribution in [0.2, 0.25) is 5.15 Å². The van der Waals surface area contributed by atoms with Gasteiger partial charge < -0.3 is 15.6 Å². The molecule has 0 bridgehead atoms. The van der Waals surface area contributed by atoms with Crippen LogP contribution in [0.5, 0.6) is 11.5 Å². The molecule has 0 aliphatic rings. The van der Waals surface area contributed by atoms with Crippen molar-refractivity contribution in [1.29, 1.82) is 0 Å². The van der Waals surface area contributed by atoms with Gasteiger partial charge in [-0.05, 0) is 23.3 Å². The first-order valence-corrected chi connectivity index (χ1v) is 7.74. The number of hydrogen-bond donors (Lipinski definition) is 2. The minimum absolute atomic E-state index is 0.0483. The summed E-state index contributed by atoms with van der Waals surface area (Å²) in [4.78, 5) is 8.16. The number of nitrogens with zero attached hydrogens (tertiary/aromatic N) is 2. The van der Waals surface area contributed by atoms with E-state index in [2.05, 4.69) is 9.97 Å². The molecule has 6 heteroatoms. The topological polar surface area (TPSA) is 81.3 Å². The molecule has 24 heavy (non-hydrogen) atoms. The van der Waals surface area contributed by atoms with Crippen molar-refractivity contribution in [1.82, 2.24) is 9.97 Å². The molecule has 1 aromatic heterocycles. The molecule has 0 amide bonds. The van der Waals surface area contributed by atoms with Crippen molar-refractivity contribution in [2.45, 2.75) is 12.6 Å². The van der Waals surface area contributed by atoms with Crippen molar-refractivity contribution >= 4 is 11.6 Å². The number of ether oxygens (including phenoxy) is 1. The van der Waals surface area contributed by atoms with Crippen LogP contribution in [0.4, 0.5) is 0 Å². The van der Waals surface area contributed by atoms with Crippen LogP contribution >= 0.6 is 11.6 Å². The summed E-state index contributed by atoms with van der Waals surface area (Å²) >= 11 is 6.05. The molecule has 3 N–H and O–H groups in total. The lowest BCUT2D eigenvalue weighted by molar-refractivity contribution is 0.288. The van der Waals surface area contributed by atoms with E-state index in [1.807, 2.05) is 30.3 Å². The highest BCUT2D eigenvalue weighted by Crippen LogP contribution is 2.32. The molecule has 0 saturated carbocycles. The molecule has 0 saturated heterocycles. The highest BCUT2D eigenvalue weighted by atomic mass is 35.5. The Bertz CT molecular complexity index is 828. The molecule has 1 unspecified atom stereocenters. The summed E-state index contributed by atoms with van der Waals surface area (Å²) < 4.78 is 5.71. The van der Waals surface area contributed by atoms with E-state index in [4.69, 9.17) is 22.1 Å². The first-order valence-electron chi connectivity index (χ1n) is 7.37. The number of nitrogens with two attached hydrogens (primary N) is 1. The van der Waals surface area contributed by atoms with Crippen LogP contribution in [-0.2, 0) is 6.61 Å². The Morgan fingerprint density at radius 3 is 2.58 bits per heavy atom. The summed E-state index contributed by atoms with van der Waals surface area (Å²) in [6.07, 6.45) is 3.04. The standard InChI is InChI=1S/C18H16ClN3O2/c19-18-17(21-8-9-22-18)16(20)13-6-7-14(23)15(10-13)24-11-12-4-2-1-3-5-12/h1-10,16,23H,11,20H2. The van der Waals surface area contributed by atoms with Gasteiger partial charge in [-0.2, -0.15) is 0 Å². The monoisotopic (exact) mass is 341 g/mol. The zero-order valence-electron chi connectivity index (χ0n) is 12.8. The molecule has 1 heterocycles. The molecule has 0 aliphatic heterocycles. The average Bonchev–Trinajstić information content (AvgIpc) is 2.62. The maximum atomic E-state index is 10.0. The lowest BCUT2D eigenvalue weighted by Crippen LogP contribution is -2.14. The molecule has 0 fully saturated rings. The number of benzene rings is 2. The van der Waals surface area contributed by atoms with Gasteiger partial charge in [-0.25, -0.2) is 4.98 Å². The van der Waals surface area contributed by atoms with Crippen molar-refractivity contribution in [3.05, 3.63) is 82.9 Å². The van der Waals surface area contributed by atoms with Gasteiger partial charge in [0.1, 0.15) is 6.61 Å². The number of halogens is 1. The van der Waals surface area contributed by atoms with Crippen molar-refractivity contribution in [3.8, 4) is 11.5 Å². The minimum Gasteiger partial charge on any atom is -0.504 e. The van der Waals surface area contributed by atoms with E-state index in [0.29, 0.717) is 18.1 Å². The van der Waals surface area contributed by atoms with Gasteiger partial charge in [0.2, 0.25) is 0 Å². The third-order valence-corrected chi connectivity index (χ3v) is 3.85. The first kappa shape index (κ1) is 16.2. The number of phenolic OH excluding ortho intramolecular Hbond substituents is 1. The largest absolute Gasteiger partial charge is 0.504 e. The summed E-state index contributed by atoms with van der Waals surface area (Å²) in [7, 11) is 0. The quantitative estimate of drug-likeness (QED) is 0.742. The molecule has 3 aromatic rings. The second-order valence-electron chi connectivity index (χ2n) is 5.21. The maximum absolute atomic E-state index is 10.0. The SMILES string of the molecule is NC(c1ccc(O)c(OCc2ccccc2)c1)c1nccnc1Cl. The number of hydrogen-bond acceptors (Lipinski definition) is 5. The van der Waals surface area contributed by atoms with E-state index in [9.17, 15) is 5.11 Å². The van der Waals surface area contributed by atoms with Gasteiger partial charge in [0.25, 0.3) is 0 Å². The van der Waals surface area contributed by atoms with Crippen molar-refractivity contribution in [2.24, 2.45) is 5.73 Å². The Morgan fingerprint density at radius 2 is 1.83 bits per heavy atom. The van der Waals surface area contributed by atoms with Crippen LogP contribution in [0, 0.1) is 0 Å². The fraction of sp³-hybridized carbons (Fsp3) is 0.111. The summed E-state index contributed by atoms with van der Waals surface area (Å²) in [5.74, 6) is 0.402. The Kier molecular flexibility index (Phi) is 4.93. The smallest absolute Gasteiger partial charge is 0.161 e. The van der Waals surface area contributed by atoms with Gasteiger partial charge in [0.15, 0.2) is 16.7 Å². The zero-order valence-corrected chi connectivity index (χ0v) is 13.5. The van der Waals surface area contributed by atoms with E-state index in [1.165, 1.54) is 12.4 Å². The van der Waals surface area contributed by atoms with Crippen LogP contribution in [0.1, 0.15) is 22.9 Å². The molecular weight excluding hydrogens is 326 g/mol. The molecule has 0 radical (unpaired) electrons. The molecule has 5 nitrogen and oxygen atoms in total. The van der Waals surface area contributed by atoms with Gasteiger partial charge in [-0.1, -0.05) is 48.0 Å². The van der Waals surface area contributed by atoms with Crippen LogP contribution in [0.25, 0.3) is 0 Å². The Hall–Kier alpha value is -2.63. The number of rotatable bonds is 5. The summed E-state index contributed by atoms with van der Waals surface area (Å²) in [6, 6.07) is 14.1. The molecule has 122 valence electrons. The third kappa shape index (κ3) is 3.64. The minimum atomic E-state index is -0.564. The Labute approximate surface area is 144 Å². The first-order chi connectivity index (χ1) is 11.6. The van der Waals surface area contributed by atoms with Crippen LogP contribution in [0.3, 0.4) is 0 Å². The fourth-order valence-corrected chi connectivity index (χ4v) is 2.50. The van der Waals surface area contributed by atoms with E-state index in [0.717, 1.165) is 11.1 Å². The van der Waals surface area contributed by atoms with E-state index in [1.54, 1.807) is 18.2 Å². The Balaban J connectivity index is 1.82. The second-order valence-corrected chi connectivity index (χ2v) is 5.57. The lowest BCUT2D eigenvalue weighted by Gasteiger charge is -2.15. The Morgan fingerprint density at radius 1 is 1.08 bits per heavy atom. The number of aromatic nitrogens is 2. The predicted molar refractivity (Wildman–Crippen MR) is 92.0 cm³/mol. The highest BCUT2D eigenvalue weighted by Gasteiger charge is 2.16. The predicted octanol–water partition coefficient (Wildman–Crippen LogP) is 3.46. The maximum Gasteiger partial charge on any atom is 0.161 e. The molecule has 1 atom stereocenters. The number of phenols is 1. The van der Waals surface area contributed by atoms with Gasteiger partial charge in [-0.15, -0.1) is 0 Å². The summed E-state index contributed by atoms with van der Waals surface area (Å²) in [5, 5.41) is 10.3. The van der Waals surface area contributed by atoms with Crippen LogP contribution < -0.4 is 10.5 Å². The van der Waals surface area contributed by atoms with Crippen molar-refractivity contribution in [3.63, 3.8) is 0 Å². The molecule has 2 aromatic carbocycles. The summed E-state index contributed by atoms with van der Waals surface area (Å²) in [6.45, 7) is 0.346. The van der Waals surface area contributed by atoms with Crippen molar-refractivity contribution < 1.29 is 9.84 Å². The third-order valence-electron chi connectivity index (χ3n) is 3.55. The van der Waals surface area contributed by atoms with Gasteiger partial charge >= 0.3 is 0 Å². The zero-order chi connectivity index (χ0) is 16.9. The second kappa shape index (κ2) is 7.29. The lowest BCUT2D eigenvalue weighted by atomic mass is 10.0. The van der Waals surface area contributed by atoms with Gasteiger partial charge in [0, 0.05) is 12.4 Å². The van der Waals surface area contributed by atoms with Crippen LogP contribution in [0.15, 0.2) is 60.9 Å². The number of aromatic hydroxyl groups is 1. The van der Waals surface area contributed by atoms with Crippen molar-refractivity contribution in [2.75, 3.05) is 0 Å². The normalized spacial score (nSPS) is 11.9. The molecule has 3 rings (SSSR count). The van der Waals surface area contributed by atoms with E-state index >= 15 is 0 Å². The fourth-order valence-electron chi connectivity index (χ4n) is 2.27. The molecule has 0 spiro atoms. The van der Waals surface area contributed by atoms with E-state index < -0.39 is 6.04 Å². The highest BCUT2D eigenvalue weighted by molar-refractivity contribution is 6.30.